The van der Waals surface area contributed by atoms with E-state index in [2.05, 4.69) is 5.32 Å². The van der Waals surface area contributed by atoms with Crippen LogP contribution < -0.4 is 11.1 Å². The van der Waals surface area contributed by atoms with E-state index in [0.29, 0.717) is 5.02 Å². The highest BCUT2D eigenvalue weighted by molar-refractivity contribution is 6.35. The van der Waals surface area contributed by atoms with Gasteiger partial charge in [-0.1, -0.05) is 23.2 Å². The molecule has 8 heteroatoms. The molecule has 114 valence electrons. The molecule has 0 saturated heterocycles. The average molecular weight is 333 g/mol. The first-order valence-electron chi connectivity index (χ1n) is 6.08. The van der Waals surface area contributed by atoms with E-state index in [4.69, 9.17) is 34.0 Å². The van der Waals surface area contributed by atoms with Gasteiger partial charge in [0, 0.05) is 11.4 Å². The number of primary amides is 1. The van der Waals surface area contributed by atoms with Crippen LogP contribution in [0.25, 0.3) is 0 Å². The number of carbonyl (C=O) groups is 3. The van der Waals surface area contributed by atoms with Crippen LogP contribution in [0.4, 0.5) is 0 Å². The van der Waals surface area contributed by atoms with Crippen LogP contribution in [-0.4, -0.2) is 28.9 Å². The molecule has 0 saturated carbocycles. The first kappa shape index (κ1) is 17.3. The van der Waals surface area contributed by atoms with Crippen molar-refractivity contribution in [3.05, 3.63) is 33.8 Å². The molecule has 1 aromatic rings. The summed E-state index contributed by atoms with van der Waals surface area (Å²) < 4.78 is 0. The Labute approximate surface area is 131 Å². The Morgan fingerprint density at radius 2 is 1.95 bits per heavy atom. The molecule has 1 rings (SSSR count). The van der Waals surface area contributed by atoms with Crippen LogP contribution in [-0.2, 0) is 9.59 Å². The molecule has 0 bridgehead atoms. The lowest BCUT2D eigenvalue weighted by molar-refractivity contribution is -0.139. The van der Waals surface area contributed by atoms with E-state index in [0.717, 1.165) is 0 Å². The monoisotopic (exact) mass is 332 g/mol. The number of halogens is 2. The Morgan fingerprint density at radius 3 is 2.52 bits per heavy atom. The third-order valence-corrected chi connectivity index (χ3v) is 3.26. The number of hydrogen-bond donors (Lipinski definition) is 3. The number of amides is 2. The smallest absolute Gasteiger partial charge is 0.326 e. The van der Waals surface area contributed by atoms with Gasteiger partial charge in [0.1, 0.15) is 6.04 Å². The number of carboxylic acids is 1. The number of benzene rings is 1. The maximum atomic E-state index is 12.0. The minimum Gasteiger partial charge on any atom is -0.480 e. The van der Waals surface area contributed by atoms with Crippen molar-refractivity contribution in [2.45, 2.75) is 25.3 Å². The summed E-state index contributed by atoms with van der Waals surface area (Å²) in [6, 6.07) is 3.18. The van der Waals surface area contributed by atoms with E-state index in [1.165, 1.54) is 18.2 Å². The fraction of sp³-hybridized carbons (Fsp3) is 0.308. The maximum absolute atomic E-state index is 12.0. The van der Waals surface area contributed by atoms with Crippen LogP contribution >= 0.6 is 23.2 Å². The number of nitrogens with two attached hydrogens (primary N) is 1. The Hall–Kier alpha value is -1.79. The second-order valence-corrected chi connectivity index (χ2v) is 5.19. The highest BCUT2D eigenvalue weighted by Gasteiger charge is 2.21. The van der Waals surface area contributed by atoms with Gasteiger partial charge in [0.15, 0.2) is 0 Å². The fourth-order valence-corrected chi connectivity index (χ4v) is 2.02. The van der Waals surface area contributed by atoms with Gasteiger partial charge >= 0.3 is 5.97 Å². The normalized spacial score (nSPS) is 11.7. The van der Waals surface area contributed by atoms with E-state index >= 15 is 0 Å². The summed E-state index contributed by atoms with van der Waals surface area (Å²) in [5, 5.41) is 11.9. The summed E-state index contributed by atoms with van der Waals surface area (Å²) in [7, 11) is 0. The summed E-state index contributed by atoms with van der Waals surface area (Å²) in [4.78, 5) is 33.8. The van der Waals surface area contributed by atoms with Crippen molar-refractivity contribution >= 4 is 41.0 Å². The van der Waals surface area contributed by atoms with E-state index < -0.39 is 23.8 Å². The molecular formula is C13H14Cl2N2O4. The van der Waals surface area contributed by atoms with E-state index in [-0.39, 0.29) is 29.8 Å². The van der Waals surface area contributed by atoms with E-state index in [1.807, 2.05) is 0 Å². The molecule has 0 aliphatic rings. The minimum absolute atomic E-state index is 0.0531. The zero-order chi connectivity index (χ0) is 16.0. The standard InChI is InChI=1S/C13H14Cl2N2O4/c14-7-4-5-9(15)8(6-7)12(19)17-10(13(20)21)2-1-3-11(16)18/h4-6,10H,1-3H2,(H2,16,18)(H,17,19)(H,20,21). The minimum atomic E-state index is -1.20. The first-order valence-corrected chi connectivity index (χ1v) is 6.84. The zero-order valence-electron chi connectivity index (χ0n) is 10.9. The highest BCUT2D eigenvalue weighted by atomic mass is 35.5. The number of carboxylic acid groups (broad SMARTS) is 1. The van der Waals surface area contributed by atoms with Gasteiger partial charge < -0.3 is 16.2 Å². The van der Waals surface area contributed by atoms with Gasteiger partial charge in [-0.05, 0) is 31.0 Å². The van der Waals surface area contributed by atoms with Gasteiger partial charge in [-0.3, -0.25) is 9.59 Å². The quantitative estimate of drug-likeness (QED) is 0.707. The highest BCUT2D eigenvalue weighted by Crippen LogP contribution is 2.20. The molecule has 1 aromatic carbocycles. The lowest BCUT2D eigenvalue weighted by Crippen LogP contribution is -2.41. The molecule has 0 aliphatic carbocycles. The van der Waals surface area contributed by atoms with Gasteiger partial charge in [-0.2, -0.15) is 0 Å². The van der Waals surface area contributed by atoms with Crippen LogP contribution in [0.1, 0.15) is 29.6 Å². The van der Waals surface area contributed by atoms with Crippen LogP contribution in [0.3, 0.4) is 0 Å². The lowest BCUT2D eigenvalue weighted by atomic mass is 10.1. The number of rotatable bonds is 7. The van der Waals surface area contributed by atoms with Crippen molar-refractivity contribution in [1.82, 2.24) is 5.32 Å². The predicted molar refractivity (Wildman–Crippen MR) is 78.4 cm³/mol. The second-order valence-electron chi connectivity index (χ2n) is 4.35. The largest absolute Gasteiger partial charge is 0.480 e. The third-order valence-electron chi connectivity index (χ3n) is 2.69. The molecule has 0 aliphatic heterocycles. The second kappa shape index (κ2) is 7.85. The van der Waals surface area contributed by atoms with Gasteiger partial charge in [-0.25, -0.2) is 4.79 Å². The molecule has 1 atom stereocenters. The molecule has 0 spiro atoms. The number of nitrogens with one attached hydrogen (secondary N) is 1. The first-order chi connectivity index (χ1) is 9.81. The predicted octanol–water partition coefficient (Wildman–Crippen LogP) is 1.83. The molecular weight excluding hydrogens is 319 g/mol. The summed E-state index contributed by atoms with van der Waals surface area (Å²) in [5.41, 5.74) is 5.07. The van der Waals surface area contributed by atoms with Gasteiger partial charge in [0.25, 0.3) is 5.91 Å². The maximum Gasteiger partial charge on any atom is 0.326 e. The van der Waals surface area contributed by atoms with Gasteiger partial charge in [0.2, 0.25) is 5.91 Å². The van der Waals surface area contributed by atoms with Crippen LogP contribution in [0.15, 0.2) is 18.2 Å². The Bertz CT molecular complexity index is 563. The van der Waals surface area contributed by atoms with Gasteiger partial charge in [0.05, 0.1) is 10.6 Å². The van der Waals surface area contributed by atoms with Crippen molar-refractivity contribution in [3.8, 4) is 0 Å². The van der Waals surface area contributed by atoms with Crippen LogP contribution in [0.5, 0.6) is 0 Å². The molecule has 0 fully saturated rings. The summed E-state index contributed by atoms with van der Waals surface area (Å²) in [6.45, 7) is 0. The molecule has 6 nitrogen and oxygen atoms in total. The third kappa shape index (κ3) is 5.61. The van der Waals surface area contributed by atoms with Crippen molar-refractivity contribution in [3.63, 3.8) is 0 Å². The van der Waals surface area contributed by atoms with E-state index in [9.17, 15) is 14.4 Å². The Balaban J connectivity index is 2.74. The molecule has 0 heterocycles. The molecule has 0 radical (unpaired) electrons. The van der Waals surface area contributed by atoms with Crippen molar-refractivity contribution in [2.24, 2.45) is 5.73 Å². The molecule has 4 N–H and O–H groups in total. The van der Waals surface area contributed by atoms with Crippen molar-refractivity contribution < 1.29 is 19.5 Å². The Kier molecular flexibility index (Phi) is 6.45. The number of aliphatic carboxylic acids is 1. The van der Waals surface area contributed by atoms with E-state index in [1.54, 1.807) is 0 Å². The molecule has 1 unspecified atom stereocenters. The summed E-state index contributed by atoms with van der Waals surface area (Å²) >= 11 is 11.6. The lowest BCUT2D eigenvalue weighted by Gasteiger charge is -2.14. The van der Waals surface area contributed by atoms with Crippen molar-refractivity contribution in [2.75, 3.05) is 0 Å². The zero-order valence-corrected chi connectivity index (χ0v) is 12.4. The topological polar surface area (TPSA) is 109 Å². The summed E-state index contributed by atoms with van der Waals surface area (Å²) in [6.07, 6.45) is 0.398. The number of hydrogen-bond acceptors (Lipinski definition) is 3. The molecule has 0 aromatic heterocycles. The average Bonchev–Trinajstić information content (AvgIpc) is 2.39. The SMILES string of the molecule is NC(=O)CCCC(NC(=O)c1cc(Cl)ccc1Cl)C(=O)O. The van der Waals surface area contributed by atoms with Crippen LogP contribution in [0, 0.1) is 0 Å². The molecule has 2 amide bonds. The fourth-order valence-electron chi connectivity index (χ4n) is 1.65. The van der Waals surface area contributed by atoms with Crippen molar-refractivity contribution in [1.29, 1.82) is 0 Å². The Morgan fingerprint density at radius 1 is 1.29 bits per heavy atom. The molecule has 21 heavy (non-hydrogen) atoms. The van der Waals surface area contributed by atoms with Crippen LogP contribution in [0.2, 0.25) is 10.0 Å². The summed E-state index contributed by atoms with van der Waals surface area (Å²) in [5.74, 6) is -2.37. The van der Waals surface area contributed by atoms with Gasteiger partial charge in [-0.15, -0.1) is 0 Å². The number of carbonyl (C=O) groups excluding carboxylic acids is 2.